The van der Waals surface area contributed by atoms with Gasteiger partial charge in [0.1, 0.15) is 17.3 Å². The van der Waals surface area contributed by atoms with Crippen molar-refractivity contribution in [1.29, 1.82) is 0 Å². The molecule has 0 spiro atoms. The van der Waals surface area contributed by atoms with Crippen molar-refractivity contribution in [2.75, 3.05) is 0 Å². The maximum absolute atomic E-state index is 13.3. The number of hydrogen-bond acceptors (Lipinski definition) is 2. The molecule has 84 valence electrons. The Morgan fingerprint density at radius 2 is 2.38 bits per heavy atom. The van der Waals surface area contributed by atoms with Gasteiger partial charge >= 0.3 is 5.97 Å². The Balaban J connectivity index is 2.54. The van der Waals surface area contributed by atoms with E-state index >= 15 is 0 Å². The fourth-order valence-corrected chi connectivity index (χ4v) is 1.67. The molecule has 16 heavy (non-hydrogen) atoms. The number of hydrogen-bond donors (Lipinski definition) is 2. The van der Waals surface area contributed by atoms with Crippen LogP contribution in [0.1, 0.15) is 25.1 Å². The molecule has 0 fully saturated rings. The van der Waals surface area contributed by atoms with E-state index in [0.717, 1.165) is 0 Å². The van der Waals surface area contributed by atoms with Gasteiger partial charge < -0.3 is 10.1 Å². The number of benzene rings is 1. The first-order chi connectivity index (χ1) is 7.63. The highest BCUT2D eigenvalue weighted by atomic mass is 19.1. The molecule has 4 nitrogen and oxygen atoms in total. The Hall–Kier alpha value is -1.91. The van der Waals surface area contributed by atoms with Crippen LogP contribution < -0.4 is 0 Å². The number of H-pyrrole nitrogens is 1. The molecule has 0 bridgehead atoms. The number of para-hydroxylation sites is 1. The first-order valence-electron chi connectivity index (χ1n) is 5.00. The summed E-state index contributed by atoms with van der Waals surface area (Å²) in [6, 6.07) is 4.53. The molecular formula is C11H11FN2O2. The Morgan fingerprint density at radius 3 is 2.94 bits per heavy atom. The van der Waals surface area contributed by atoms with Crippen LogP contribution in [-0.2, 0) is 4.79 Å². The molecule has 1 aromatic carbocycles. The van der Waals surface area contributed by atoms with Crippen molar-refractivity contribution < 1.29 is 14.3 Å². The molecule has 1 unspecified atom stereocenters. The molecule has 2 rings (SSSR count). The summed E-state index contributed by atoms with van der Waals surface area (Å²) in [6.45, 7) is 1.75. The van der Waals surface area contributed by atoms with Crippen LogP contribution in [0, 0.1) is 5.82 Å². The maximum Gasteiger partial charge on any atom is 0.314 e. The van der Waals surface area contributed by atoms with E-state index in [-0.39, 0.29) is 5.52 Å². The minimum atomic E-state index is -0.957. The Labute approximate surface area is 91.1 Å². The average molecular weight is 222 g/mol. The number of carboxylic acid groups (broad SMARTS) is 1. The van der Waals surface area contributed by atoms with Crippen molar-refractivity contribution in [3.05, 3.63) is 29.8 Å². The molecular weight excluding hydrogens is 211 g/mol. The molecule has 2 N–H and O–H groups in total. The van der Waals surface area contributed by atoms with Crippen molar-refractivity contribution in [2.45, 2.75) is 19.3 Å². The highest BCUT2D eigenvalue weighted by molar-refractivity contribution is 5.79. The smallest absolute Gasteiger partial charge is 0.314 e. The van der Waals surface area contributed by atoms with Gasteiger partial charge in [0.25, 0.3) is 0 Å². The van der Waals surface area contributed by atoms with Crippen LogP contribution in [0.15, 0.2) is 18.2 Å². The van der Waals surface area contributed by atoms with Crippen LogP contribution in [0.3, 0.4) is 0 Å². The van der Waals surface area contributed by atoms with Crippen LogP contribution in [0.2, 0.25) is 0 Å². The second kappa shape index (κ2) is 3.92. The summed E-state index contributed by atoms with van der Waals surface area (Å²) in [5, 5.41) is 8.97. The molecule has 1 aromatic heterocycles. The lowest BCUT2D eigenvalue weighted by atomic mass is 10.1. The van der Waals surface area contributed by atoms with E-state index in [1.807, 2.05) is 0 Å². The molecule has 0 aliphatic heterocycles. The van der Waals surface area contributed by atoms with Crippen molar-refractivity contribution >= 4 is 17.0 Å². The summed E-state index contributed by atoms with van der Waals surface area (Å²) in [5.74, 6) is -1.82. The highest BCUT2D eigenvalue weighted by Gasteiger charge is 2.21. The first kappa shape index (κ1) is 10.6. The monoisotopic (exact) mass is 222 g/mol. The number of aromatic nitrogens is 2. The zero-order chi connectivity index (χ0) is 11.7. The largest absolute Gasteiger partial charge is 0.481 e. The van der Waals surface area contributed by atoms with E-state index in [1.165, 1.54) is 6.07 Å². The maximum atomic E-state index is 13.3. The van der Waals surface area contributed by atoms with Gasteiger partial charge in [-0.1, -0.05) is 13.0 Å². The summed E-state index contributed by atoms with van der Waals surface area (Å²) in [4.78, 5) is 17.8. The summed E-state index contributed by atoms with van der Waals surface area (Å²) in [5.41, 5.74) is 0.715. The van der Waals surface area contributed by atoms with Crippen molar-refractivity contribution in [3.8, 4) is 0 Å². The Kier molecular flexibility index (Phi) is 2.60. The quantitative estimate of drug-likeness (QED) is 0.837. The predicted octanol–water partition coefficient (Wildman–Crippen LogP) is 2.28. The van der Waals surface area contributed by atoms with E-state index in [4.69, 9.17) is 5.11 Å². The fraction of sp³-hybridized carbons (Fsp3) is 0.273. The lowest BCUT2D eigenvalue weighted by Gasteiger charge is -2.04. The topological polar surface area (TPSA) is 66.0 Å². The Morgan fingerprint density at radius 1 is 1.62 bits per heavy atom. The van der Waals surface area contributed by atoms with E-state index < -0.39 is 17.7 Å². The average Bonchev–Trinajstić information content (AvgIpc) is 2.63. The minimum Gasteiger partial charge on any atom is -0.481 e. The van der Waals surface area contributed by atoms with Gasteiger partial charge in [0.2, 0.25) is 0 Å². The number of fused-ring (bicyclic) bond motifs is 1. The number of carboxylic acids is 1. The number of rotatable bonds is 3. The third-order valence-electron chi connectivity index (χ3n) is 2.52. The Bertz CT molecular complexity index is 536. The number of nitrogens with one attached hydrogen (secondary N) is 1. The molecule has 0 saturated heterocycles. The summed E-state index contributed by atoms with van der Waals surface area (Å²) < 4.78 is 13.3. The number of halogens is 1. The molecule has 5 heteroatoms. The normalized spacial score (nSPS) is 12.9. The number of imidazole rings is 1. The standard InChI is InChI=1S/C11H11FN2O2/c1-2-6(11(15)16)10-13-8-5-3-4-7(12)9(8)14-10/h3-6H,2H2,1H3,(H,13,14)(H,15,16). The third-order valence-corrected chi connectivity index (χ3v) is 2.52. The summed E-state index contributed by atoms with van der Waals surface area (Å²) in [6.07, 6.45) is 0.413. The zero-order valence-electron chi connectivity index (χ0n) is 8.70. The molecule has 1 heterocycles. The van der Waals surface area contributed by atoms with Gasteiger partial charge in [0, 0.05) is 0 Å². The second-order valence-electron chi connectivity index (χ2n) is 3.56. The van der Waals surface area contributed by atoms with Crippen molar-refractivity contribution in [3.63, 3.8) is 0 Å². The van der Waals surface area contributed by atoms with Gasteiger partial charge in [-0.25, -0.2) is 9.37 Å². The zero-order valence-corrected chi connectivity index (χ0v) is 8.70. The van der Waals surface area contributed by atoms with E-state index in [1.54, 1.807) is 19.1 Å². The number of aliphatic carboxylic acids is 1. The van der Waals surface area contributed by atoms with E-state index in [2.05, 4.69) is 9.97 Å². The molecule has 1 atom stereocenters. The van der Waals surface area contributed by atoms with Gasteiger partial charge in [0.05, 0.1) is 5.52 Å². The molecule has 0 amide bonds. The van der Waals surface area contributed by atoms with Gasteiger partial charge in [-0.15, -0.1) is 0 Å². The SMILES string of the molecule is CCC(C(=O)O)c1nc2c(F)cccc2[nH]1. The summed E-state index contributed by atoms with van der Waals surface area (Å²) in [7, 11) is 0. The van der Waals surface area contributed by atoms with E-state index in [0.29, 0.717) is 17.8 Å². The number of aromatic amines is 1. The number of carbonyl (C=O) groups is 1. The minimum absolute atomic E-state index is 0.192. The predicted molar refractivity (Wildman–Crippen MR) is 56.7 cm³/mol. The third kappa shape index (κ3) is 1.64. The van der Waals surface area contributed by atoms with Crippen LogP contribution >= 0.6 is 0 Å². The van der Waals surface area contributed by atoms with E-state index in [9.17, 15) is 9.18 Å². The van der Waals surface area contributed by atoms with Gasteiger partial charge in [0.15, 0.2) is 5.82 Å². The molecule has 0 aliphatic carbocycles. The van der Waals surface area contributed by atoms with Crippen LogP contribution in [0.4, 0.5) is 4.39 Å². The summed E-state index contributed by atoms with van der Waals surface area (Å²) >= 11 is 0. The highest BCUT2D eigenvalue weighted by Crippen LogP contribution is 2.22. The van der Waals surface area contributed by atoms with Crippen molar-refractivity contribution in [2.24, 2.45) is 0 Å². The molecule has 0 saturated carbocycles. The van der Waals surface area contributed by atoms with Gasteiger partial charge in [-0.05, 0) is 18.6 Å². The van der Waals surface area contributed by atoms with Crippen molar-refractivity contribution in [1.82, 2.24) is 9.97 Å². The lowest BCUT2D eigenvalue weighted by molar-refractivity contribution is -0.139. The van der Waals surface area contributed by atoms with Crippen LogP contribution in [0.25, 0.3) is 11.0 Å². The molecule has 0 aliphatic rings. The van der Waals surface area contributed by atoms with Crippen LogP contribution in [0.5, 0.6) is 0 Å². The second-order valence-corrected chi connectivity index (χ2v) is 3.56. The lowest BCUT2D eigenvalue weighted by Crippen LogP contribution is -2.11. The van der Waals surface area contributed by atoms with Gasteiger partial charge in [-0.3, -0.25) is 4.79 Å². The first-order valence-corrected chi connectivity index (χ1v) is 5.00. The molecule has 0 radical (unpaired) electrons. The molecule has 2 aromatic rings. The fourth-order valence-electron chi connectivity index (χ4n) is 1.67. The van der Waals surface area contributed by atoms with Crippen LogP contribution in [-0.4, -0.2) is 21.0 Å². The number of nitrogens with zero attached hydrogens (tertiary/aromatic N) is 1. The van der Waals surface area contributed by atoms with Gasteiger partial charge in [-0.2, -0.15) is 0 Å².